The van der Waals surface area contributed by atoms with E-state index in [1.54, 1.807) is 13.8 Å². The van der Waals surface area contributed by atoms with E-state index in [1.807, 2.05) is 5.32 Å². The van der Waals surface area contributed by atoms with Crippen molar-refractivity contribution in [2.45, 2.75) is 57.7 Å². The van der Waals surface area contributed by atoms with E-state index in [-0.39, 0.29) is 12.3 Å². The summed E-state index contributed by atoms with van der Waals surface area (Å²) in [6, 6.07) is -3.41. The van der Waals surface area contributed by atoms with Gasteiger partial charge >= 0.3 is 11.9 Å². The maximum absolute atomic E-state index is 12.6. The highest BCUT2D eigenvalue weighted by molar-refractivity contribution is 5.95. The van der Waals surface area contributed by atoms with E-state index in [9.17, 15) is 24.0 Å². The number of rotatable bonds is 14. The first kappa shape index (κ1) is 26.3. The van der Waals surface area contributed by atoms with Gasteiger partial charge in [-0.3, -0.25) is 24.0 Å². The average molecular weight is 417 g/mol. The van der Waals surface area contributed by atoms with Crippen molar-refractivity contribution in [2.75, 3.05) is 13.1 Å². The molecule has 0 aliphatic carbocycles. The van der Waals surface area contributed by atoms with E-state index in [0.717, 1.165) is 0 Å². The Balaban J connectivity index is 5.26. The summed E-state index contributed by atoms with van der Waals surface area (Å²) in [5, 5.41) is 24.4. The zero-order chi connectivity index (χ0) is 22.6. The van der Waals surface area contributed by atoms with Crippen molar-refractivity contribution in [3.8, 4) is 0 Å². The van der Waals surface area contributed by atoms with Gasteiger partial charge in [0.1, 0.15) is 18.6 Å². The van der Waals surface area contributed by atoms with Crippen molar-refractivity contribution in [1.29, 1.82) is 0 Å². The maximum atomic E-state index is 12.6. The number of carbonyl (C=O) groups is 5. The number of carbonyl (C=O) groups excluding carboxylic acids is 3. The standard InChI is InChI=1S/C17H31N5O7/c1-9(2)14(19)17(29)21-10(5-3-4-6-18)16(28)22-11(7-12(23)24)15(27)20-8-13(25)26/h9-11,14H,3-8,18-19H2,1-2H3,(H,20,27)(H,21,29)(H,22,28)(H,23,24)(H,25,26). The van der Waals surface area contributed by atoms with Crippen LogP contribution in [0.25, 0.3) is 0 Å². The van der Waals surface area contributed by atoms with Crippen LogP contribution in [0.15, 0.2) is 0 Å². The molecule has 9 N–H and O–H groups in total. The molecule has 0 aliphatic heterocycles. The number of unbranched alkanes of at least 4 members (excludes halogenated alkanes) is 1. The minimum absolute atomic E-state index is 0.177. The summed E-state index contributed by atoms with van der Waals surface area (Å²) in [4.78, 5) is 58.5. The Morgan fingerprint density at radius 3 is 1.93 bits per heavy atom. The smallest absolute Gasteiger partial charge is 0.322 e. The van der Waals surface area contributed by atoms with E-state index < -0.39 is 60.8 Å². The Bertz CT molecular complexity index is 597. The topological polar surface area (TPSA) is 214 Å². The van der Waals surface area contributed by atoms with Crippen LogP contribution in [0.5, 0.6) is 0 Å². The Labute approximate surface area is 168 Å². The predicted octanol–water partition coefficient (Wildman–Crippen LogP) is -2.26. The highest BCUT2D eigenvalue weighted by Crippen LogP contribution is 2.05. The van der Waals surface area contributed by atoms with Gasteiger partial charge in [-0.15, -0.1) is 0 Å². The Morgan fingerprint density at radius 2 is 1.45 bits per heavy atom. The lowest BCUT2D eigenvalue weighted by molar-refractivity contribution is -0.141. The molecule has 3 unspecified atom stereocenters. The van der Waals surface area contributed by atoms with Crippen LogP contribution in [0.4, 0.5) is 0 Å². The van der Waals surface area contributed by atoms with Crippen molar-refractivity contribution < 1.29 is 34.2 Å². The molecule has 3 atom stereocenters. The highest BCUT2D eigenvalue weighted by atomic mass is 16.4. The second kappa shape index (κ2) is 13.4. The van der Waals surface area contributed by atoms with Crippen LogP contribution in [-0.2, 0) is 24.0 Å². The Hall–Kier alpha value is -2.73. The lowest BCUT2D eigenvalue weighted by atomic mass is 10.0. The number of nitrogens with one attached hydrogen (secondary N) is 3. The van der Waals surface area contributed by atoms with Gasteiger partial charge in [0, 0.05) is 0 Å². The predicted molar refractivity (Wildman–Crippen MR) is 102 cm³/mol. The zero-order valence-corrected chi connectivity index (χ0v) is 16.6. The summed E-state index contributed by atoms with van der Waals surface area (Å²) in [6.07, 6.45) is 0.538. The first-order valence-electron chi connectivity index (χ1n) is 9.27. The molecule has 0 spiro atoms. The van der Waals surface area contributed by atoms with Gasteiger partial charge in [0.05, 0.1) is 12.5 Å². The molecule has 0 heterocycles. The molecule has 3 amide bonds. The summed E-state index contributed by atoms with van der Waals surface area (Å²) in [6.45, 7) is 3.13. The molecule has 29 heavy (non-hydrogen) atoms. The Morgan fingerprint density at radius 1 is 0.862 bits per heavy atom. The highest BCUT2D eigenvalue weighted by Gasteiger charge is 2.29. The molecule has 0 aliphatic rings. The van der Waals surface area contributed by atoms with Gasteiger partial charge in [-0.1, -0.05) is 13.8 Å². The van der Waals surface area contributed by atoms with Gasteiger partial charge in [-0.05, 0) is 31.7 Å². The number of amides is 3. The lowest BCUT2D eigenvalue weighted by Gasteiger charge is -2.24. The second-order valence-electron chi connectivity index (χ2n) is 6.89. The molecule has 0 aromatic heterocycles. The van der Waals surface area contributed by atoms with Crippen LogP contribution in [-0.4, -0.2) is 71.1 Å². The van der Waals surface area contributed by atoms with Gasteiger partial charge in [0.25, 0.3) is 0 Å². The van der Waals surface area contributed by atoms with Gasteiger partial charge in [-0.2, -0.15) is 0 Å². The third-order valence-electron chi connectivity index (χ3n) is 4.03. The fraction of sp³-hybridized carbons (Fsp3) is 0.706. The quantitative estimate of drug-likeness (QED) is 0.152. The van der Waals surface area contributed by atoms with Crippen molar-refractivity contribution in [1.82, 2.24) is 16.0 Å². The fourth-order valence-corrected chi connectivity index (χ4v) is 2.27. The molecule has 12 nitrogen and oxygen atoms in total. The molecule has 0 aromatic rings. The van der Waals surface area contributed by atoms with Crippen molar-refractivity contribution in [3.05, 3.63) is 0 Å². The lowest BCUT2D eigenvalue weighted by Crippen LogP contribution is -2.57. The SMILES string of the molecule is CC(C)C(N)C(=O)NC(CCCCN)C(=O)NC(CC(=O)O)C(=O)NCC(=O)O. The molecule has 166 valence electrons. The average Bonchev–Trinajstić information content (AvgIpc) is 2.63. The molecular formula is C17H31N5O7. The normalized spacial score (nSPS) is 13.8. The number of carboxylic acid groups (broad SMARTS) is 2. The fourth-order valence-electron chi connectivity index (χ4n) is 2.27. The molecule has 0 aromatic carbocycles. The molecule has 0 rings (SSSR count). The minimum atomic E-state index is -1.51. The summed E-state index contributed by atoms with van der Waals surface area (Å²) < 4.78 is 0. The number of hydrogen-bond donors (Lipinski definition) is 7. The van der Waals surface area contributed by atoms with E-state index in [1.165, 1.54) is 0 Å². The van der Waals surface area contributed by atoms with Crippen LogP contribution in [0.1, 0.15) is 39.5 Å². The van der Waals surface area contributed by atoms with Crippen molar-refractivity contribution in [2.24, 2.45) is 17.4 Å². The van der Waals surface area contributed by atoms with Gasteiger partial charge in [-0.25, -0.2) is 0 Å². The summed E-state index contributed by atoms with van der Waals surface area (Å²) >= 11 is 0. The number of aliphatic carboxylic acids is 2. The molecule has 0 bridgehead atoms. The summed E-state index contributed by atoms with van der Waals surface area (Å²) in [7, 11) is 0. The first-order chi connectivity index (χ1) is 13.5. The van der Waals surface area contributed by atoms with Gasteiger partial charge in [0.15, 0.2) is 0 Å². The van der Waals surface area contributed by atoms with E-state index in [2.05, 4.69) is 10.6 Å². The molecule has 0 fully saturated rings. The molecule has 0 saturated carbocycles. The van der Waals surface area contributed by atoms with Gasteiger partial charge < -0.3 is 37.6 Å². The molecular weight excluding hydrogens is 386 g/mol. The molecule has 0 saturated heterocycles. The van der Waals surface area contributed by atoms with E-state index in [4.69, 9.17) is 21.7 Å². The van der Waals surface area contributed by atoms with Crippen LogP contribution >= 0.6 is 0 Å². The third-order valence-corrected chi connectivity index (χ3v) is 4.03. The number of nitrogens with two attached hydrogens (primary N) is 2. The van der Waals surface area contributed by atoms with Crippen molar-refractivity contribution in [3.63, 3.8) is 0 Å². The minimum Gasteiger partial charge on any atom is -0.481 e. The largest absolute Gasteiger partial charge is 0.481 e. The molecule has 12 heteroatoms. The Kier molecular flexibility index (Phi) is 12.2. The number of hydrogen-bond acceptors (Lipinski definition) is 7. The number of carboxylic acids is 2. The van der Waals surface area contributed by atoms with Gasteiger partial charge in [0.2, 0.25) is 17.7 Å². The summed E-state index contributed by atoms with van der Waals surface area (Å²) in [5.41, 5.74) is 11.2. The first-order valence-corrected chi connectivity index (χ1v) is 9.27. The van der Waals surface area contributed by atoms with Crippen LogP contribution in [0.3, 0.4) is 0 Å². The van der Waals surface area contributed by atoms with Crippen LogP contribution < -0.4 is 27.4 Å². The van der Waals surface area contributed by atoms with Crippen LogP contribution in [0, 0.1) is 5.92 Å². The third kappa shape index (κ3) is 11.0. The zero-order valence-electron chi connectivity index (χ0n) is 16.6. The summed E-state index contributed by atoms with van der Waals surface area (Å²) in [5.74, 6) is -5.17. The van der Waals surface area contributed by atoms with E-state index >= 15 is 0 Å². The monoisotopic (exact) mass is 417 g/mol. The maximum Gasteiger partial charge on any atom is 0.322 e. The van der Waals surface area contributed by atoms with Crippen LogP contribution in [0.2, 0.25) is 0 Å². The van der Waals surface area contributed by atoms with Crippen molar-refractivity contribution >= 4 is 29.7 Å². The molecule has 0 radical (unpaired) electrons. The second-order valence-corrected chi connectivity index (χ2v) is 6.89. The van der Waals surface area contributed by atoms with E-state index in [0.29, 0.717) is 19.4 Å².